The van der Waals surface area contributed by atoms with Gasteiger partial charge in [0.15, 0.2) is 11.6 Å². The fourth-order valence-electron chi connectivity index (χ4n) is 2.35. The SMILES string of the molecule is COC(=O)c1ccc(-c2cnc(N)c(OS(=O)(=O)c3ccccc3)c2)cc1. The minimum absolute atomic E-state index is 0.0113. The van der Waals surface area contributed by atoms with Gasteiger partial charge in [-0.25, -0.2) is 9.78 Å². The van der Waals surface area contributed by atoms with Crippen LogP contribution in [0, 0.1) is 0 Å². The van der Waals surface area contributed by atoms with E-state index in [1.165, 1.54) is 31.5 Å². The molecule has 0 spiro atoms. The van der Waals surface area contributed by atoms with E-state index >= 15 is 0 Å². The molecular weight excluding hydrogens is 368 g/mol. The van der Waals surface area contributed by atoms with E-state index in [9.17, 15) is 13.2 Å². The topological polar surface area (TPSA) is 109 Å². The van der Waals surface area contributed by atoms with Crippen molar-refractivity contribution in [2.24, 2.45) is 0 Å². The molecular formula is C19H16N2O5S. The van der Waals surface area contributed by atoms with Crippen molar-refractivity contribution in [1.29, 1.82) is 0 Å². The predicted octanol–water partition coefficient (Wildman–Crippen LogP) is 2.89. The van der Waals surface area contributed by atoms with Gasteiger partial charge in [0.2, 0.25) is 0 Å². The van der Waals surface area contributed by atoms with Crippen molar-refractivity contribution in [2.45, 2.75) is 4.90 Å². The van der Waals surface area contributed by atoms with Crippen molar-refractivity contribution >= 4 is 21.9 Å². The Morgan fingerprint density at radius 3 is 2.30 bits per heavy atom. The molecule has 0 aliphatic rings. The zero-order chi connectivity index (χ0) is 19.4. The van der Waals surface area contributed by atoms with E-state index in [0.29, 0.717) is 16.7 Å². The van der Waals surface area contributed by atoms with Gasteiger partial charge in [0.05, 0.1) is 12.7 Å². The molecule has 1 heterocycles. The molecule has 0 bridgehead atoms. The molecule has 27 heavy (non-hydrogen) atoms. The molecule has 0 aliphatic heterocycles. The molecule has 0 amide bonds. The van der Waals surface area contributed by atoms with E-state index in [1.807, 2.05) is 0 Å². The Hall–Kier alpha value is -3.39. The van der Waals surface area contributed by atoms with Crippen LogP contribution in [0.4, 0.5) is 5.82 Å². The maximum absolute atomic E-state index is 12.4. The maximum Gasteiger partial charge on any atom is 0.339 e. The minimum atomic E-state index is -4.04. The zero-order valence-electron chi connectivity index (χ0n) is 14.3. The fourth-order valence-corrected chi connectivity index (χ4v) is 3.31. The van der Waals surface area contributed by atoms with E-state index in [-0.39, 0.29) is 16.5 Å². The molecule has 2 N–H and O–H groups in total. The number of methoxy groups -OCH3 is 1. The first kappa shape index (κ1) is 18.4. The van der Waals surface area contributed by atoms with Crippen molar-refractivity contribution in [2.75, 3.05) is 12.8 Å². The second-order valence-corrected chi connectivity index (χ2v) is 7.07. The van der Waals surface area contributed by atoms with Crippen LogP contribution in [0.2, 0.25) is 0 Å². The van der Waals surface area contributed by atoms with Crippen LogP contribution in [0.25, 0.3) is 11.1 Å². The molecule has 0 fully saturated rings. The molecule has 138 valence electrons. The summed E-state index contributed by atoms with van der Waals surface area (Å²) in [6.45, 7) is 0. The van der Waals surface area contributed by atoms with Crippen LogP contribution < -0.4 is 9.92 Å². The van der Waals surface area contributed by atoms with Crippen molar-refractivity contribution in [3.05, 3.63) is 72.4 Å². The van der Waals surface area contributed by atoms with Gasteiger partial charge >= 0.3 is 16.1 Å². The Balaban J connectivity index is 1.92. The first-order chi connectivity index (χ1) is 12.9. The number of ether oxygens (including phenoxy) is 1. The summed E-state index contributed by atoms with van der Waals surface area (Å²) in [5.74, 6) is -0.576. The van der Waals surface area contributed by atoms with Crippen LogP contribution in [0.15, 0.2) is 71.8 Å². The first-order valence-electron chi connectivity index (χ1n) is 7.84. The van der Waals surface area contributed by atoms with Gasteiger partial charge in [-0.2, -0.15) is 8.42 Å². The van der Waals surface area contributed by atoms with Crippen LogP contribution in [0.3, 0.4) is 0 Å². The fraction of sp³-hybridized carbons (Fsp3) is 0.0526. The second-order valence-electron chi connectivity index (χ2n) is 5.53. The number of nitrogens with zero attached hydrogens (tertiary/aromatic N) is 1. The number of carbonyl (C=O) groups is 1. The zero-order valence-corrected chi connectivity index (χ0v) is 15.1. The summed E-state index contributed by atoms with van der Waals surface area (Å²) in [7, 11) is -2.73. The number of nitrogens with two attached hydrogens (primary N) is 1. The number of anilines is 1. The number of aromatic nitrogens is 1. The van der Waals surface area contributed by atoms with Gasteiger partial charge in [0.1, 0.15) is 4.90 Å². The number of hydrogen-bond donors (Lipinski definition) is 1. The lowest BCUT2D eigenvalue weighted by molar-refractivity contribution is 0.0600. The highest BCUT2D eigenvalue weighted by Crippen LogP contribution is 2.29. The van der Waals surface area contributed by atoms with Gasteiger partial charge in [-0.3, -0.25) is 0 Å². The highest BCUT2D eigenvalue weighted by atomic mass is 32.2. The summed E-state index contributed by atoms with van der Waals surface area (Å²) in [6.07, 6.45) is 1.49. The molecule has 0 unspecified atom stereocenters. The molecule has 7 nitrogen and oxygen atoms in total. The molecule has 8 heteroatoms. The van der Waals surface area contributed by atoms with Crippen molar-refractivity contribution in [3.8, 4) is 16.9 Å². The van der Waals surface area contributed by atoms with Crippen LogP contribution >= 0.6 is 0 Å². The largest absolute Gasteiger partial charge is 0.465 e. The molecule has 0 radical (unpaired) electrons. The van der Waals surface area contributed by atoms with Crippen molar-refractivity contribution < 1.29 is 22.1 Å². The van der Waals surface area contributed by atoms with E-state index in [0.717, 1.165) is 0 Å². The Bertz CT molecular complexity index is 1070. The molecule has 3 aromatic rings. The van der Waals surface area contributed by atoms with Crippen LogP contribution in [0.1, 0.15) is 10.4 Å². The summed E-state index contributed by atoms with van der Waals surface area (Å²) >= 11 is 0. The molecule has 0 atom stereocenters. The van der Waals surface area contributed by atoms with Gasteiger partial charge in [-0.05, 0) is 35.9 Å². The third-order valence-electron chi connectivity index (χ3n) is 3.75. The summed E-state index contributed by atoms with van der Waals surface area (Å²) in [5.41, 5.74) is 7.46. The number of hydrogen-bond acceptors (Lipinski definition) is 7. The Labute approximate surface area is 156 Å². The summed E-state index contributed by atoms with van der Waals surface area (Å²) in [5, 5.41) is 0. The molecule has 0 aliphatic carbocycles. The lowest BCUT2D eigenvalue weighted by Crippen LogP contribution is -2.11. The quantitative estimate of drug-likeness (QED) is 0.532. The van der Waals surface area contributed by atoms with E-state index in [4.69, 9.17) is 9.92 Å². The first-order valence-corrected chi connectivity index (χ1v) is 9.25. The summed E-state index contributed by atoms with van der Waals surface area (Å²) in [6, 6.07) is 15.8. The van der Waals surface area contributed by atoms with Crippen LogP contribution in [-0.2, 0) is 14.9 Å². The molecule has 0 saturated carbocycles. The second kappa shape index (κ2) is 7.46. The van der Waals surface area contributed by atoms with E-state index < -0.39 is 16.1 Å². The lowest BCUT2D eigenvalue weighted by atomic mass is 10.1. The van der Waals surface area contributed by atoms with Gasteiger partial charge in [0.25, 0.3) is 0 Å². The highest BCUT2D eigenvalue weighted by Gasteiger charge is 2.19. The van der Waals surface area contributed by atoms with Gasteiger partial charge in [0, 0.05) is 11.8 Å². The smallest absolute Gasteiger partial charge is 0.339 e. The number of benzene rings is 2. The predicted molar refractivity (Wildman–Crippen MR) is 99.7 cm³/mol. The number of pyridine rings is 1. The molecule has 0 saturated heterocycles. The standard InChI is InChI=1S/C19H16N2O5S/c1-25-19(22)14-9-7-13(8-10-14)15-11-17(18(20)21-12-15)26-27(23,24)16-5-3-2-4-6-16/h2-12H,1H3,(H2,20,21). The normalized spacial score (nSPS) is 11.0. The monoisotopic (exact) mass is 384 g/mol. The molecule has 1 aromatic heterocycles. The highest BCUT2D eigenvalue weighted by molar-refractivity contribution is 7.87. The van der Waals surface area contributed by atoms with Gasteiger partial charge in [-0.15, -0.1) is 0 Å². The third-order valence-corrected chi connectivity index (χ3v) is 5.00. The average Bonchev–Trinajstić information content (AvgIpc) is 2.70. The Kier molecular flexibility index (Phi) is 5.09. The van der Waals surface area contributed by atoms with Gasteiger partial charge < -0.3 is 14.7 Å². The maximum atomic E-state index is 12.4. The van der Waals surface area contributed by atoms with E-state index in [1.54, 1.807) is 42.5 Å². The third kappa shape index (κ3) is 4.06. The number of carbonyl (C=O) groups excluding carboxylic acids is 1. The number of rotatable bonds is 5. The number of nitrogen functional groups attached to an aromatic ring is 1. The summed E-state index contributed by atoms with van der Waals surface area (Å²) in [4.78, 5) is 15.5. The Morgan fingerprint density at radius 2 is 1.67 bits per heavy atom. The lowest BCUT2D eigenvalue weighted by Gasteiger charge is -2.10. The van der Waals surface area contributed by atoms with E-state index in [2.05, 4.69) is 9.72 Å². The van der Waals surface area contributed by atoms with Crippen molar-refractivity contribution in [3.63, 3.8) is 0 Å². The Morgan fingerprint density at radius 1 is 1.00 bits per heavy atom. The number of esters is 1. The molecule has 3 rings (SSSR count). The average molecular weight is 384 g/mol. The minimum Gasteiger partial charge on any atom is -0.465 e. The molecule has 2 aromatic carbocycles. The summed E-state index contributed by atoms with van der Waals surface area (Å²) < 4.78 is 34.6. The van der Waals surface area contributed by atoms with Crippen molar-refractivity contribution in [1.82, 2.24) is 4.98 Å². The van der Waals surface area contributed by atoms with Gasteiger partial charge in [-0.1, -0.05) is 30.3 Å². The van der Waals surface area contributed by atoms with Crippen LogP contribution in [0.5, 0.6) is 5.75 Å². The van der Waals surface area contributed by atoms with Crippen LogP contribution in [-0.4, -0.2) is 26.5 Å².